The Morgan fingerprint density at radius 1 is 0.917 bits per heavy atom. The number of hydrogen-bond donors (Lipinski definition) is 0. The minimum absolute atomic E-state index is 0.260. The van der Waals surface area contributed by atoms with Gasteiger partial charge in [0.05, 0.1) is 5.39 Å². The van der Waals surface area contributed by atoms with E-state index < -0.39 is 0 Å². The van der Waals surface area contributed by atoms with Crippen molar-refractivity contribution >= 4 is 21.7 Å². The summed E-state index contributed by atoms with van der Waals surface area (Å²) in [7, 11) is 0. The van der Waals surface area contributed by atoms with Crippen molar-refractivity contribution < 1.29 is 9.30 Å². The number of nitrogens with zero attached hydrogens (tertiary/aromatic N) is 1. The smallest absolute Gasteiger partial charge is 0.292 e. The molecule has 0 radical (unpaired) electrons. The van der Waals surface area contributed by atoms with Gasteiger partial charge in [0, 0.05) is 23.9 Å². The molecule has 122 valence electrons. The minimum atomic E-state index is 0.260. The number of pyridine rings is 1. The molecular weight excluding hydrogens is 294 g/mol. The quantitative estimate of drug-likeness (QED) is 0.446. The summed E-state index contributed by atoms with van der Waals surface area (Å²) in [6.07, 6.45) is 6.60. The lowest BCUT2D eigenvalue weighted by atomic mass is 9.70. The van der Waals surface area contributed by atoms with E-state index in [0.717, 1.165) is 5.75 Å². The van der Waals surface area contributed by atoms with Crippen LogP contribution in [0.15, 0.2) is 36.4 Å². The van der Waals surface area contributed by atoms with Gasteiger partial charge in [-0.05, 0) is 35.8 Å². The van der Waals surface area contributed by atoms with E-state index in [1.807, 2.05) is 0 Å². The van der Waals surface area contributed by atoms with Crippen molar-refractivity contribution in [2.75, 3.05) is 0 Å². The molecule has 0 amide bonds. The molecule has 2 heteroatoms. The molecule has 24 heavy (non-hydrogen) atoms. The number of rotatable bonds is 1. The van der Waals surface area contributed by atoms with Crippen LogP contribution in [0.2, 0.25) is 0 Å². The Kier molecular flexibility index (Phi) is 2.94. The van der Waals surface area contributed by atoms with Crippen LogP contribution in [0.5, 0.6) is 5.75 Å². The minimum Gasteiger partial charge on any atom is -0.435 e. The number of ether oxygens (including phenoxy) is 1. The zero-order valence-corrected chi connectivity index (χ0v) is 14.6. The van der Waals surface area contributed by atoms with Crippen LogP contribution < -0.4 is 9.30 Å². The van der Waals surface area contributed by atoms with Crippen LogP contribution in [0.1, 0.15) is 50.3 Å². The van der Waals surface area contributed by atoms with E-state index in [1.165, 1.54) is 65.0 Å². The fourth-order valence-corrected chi connectivity index (χ4v) is 4.81. The second kappa shape index (κ2) is 4.95. The monoisotopic (exact) mass is 318 g/mol. The second-order valence-electron chi connectivity index (χ2n) is 7.84. The normalized spacial score (nSPS) is 18.9. The molecule has 1 aromatic heterocycles. The lowest BCUT2D eigenvalue weighted by molar-refractivity contribution is -0.707. The second-order valence-corrected chi connectivity index (χ2v) is 7.84. The summed E-state index contributed by atoms with van der Waals surface area (Å²) in [4.78, 5) is 0. The third kappa shape index (κ3) is 1.86. The molecule has 2 nitrogen and oxygen atoms in total. The predicted octanol–water partition coefficient (Wildman–Crippen LogP) is 5.16. The summed E-state index contributed by atoms with van der Waals surface area (Å²) in [5, 5.41) is 3.91. The van der Waals surface area contributed by atoms with Gasteiger partial charge in [-0.25, -0.2) is 0 Å². The fourth-order valence-electron chi connectivity index (χ4n) is 4.81. The Balaban J connectivity index is 1.88. The van der Waals surface area contributed by atoms with Gasteiger partial charge in [0.2, 0.25) is 5.52 Å². The van der Waals surface area contributed by atoms with Gasteiger partial charge in [-0.15, -0.1) is 0 Å². The topological polar surface area (TPSA) is 13.1 Å². The SMILES string of the molecule is Cc1ccc2ccc3ccc(C4(C)CCCCC4)c4c3c2[n+]1CO4. The third-order valence-electron chi connectivity index (χ3n) is 6.29. The molecule has 2 aliphatic rings. The van der Waals surface area contributed by atoms with E-state index in [1.54, 1.807) is 0 Å². The maximum atomic E-state index is 6.38. The number of aryl methyl sites for hydroxylation is 1. The highest BCUT2D eigenvalue weighted by Gasteiger charge is 2.35. The van der Waals surface area contributed by atoms with Crippen molar-refractivity contribution in [1.82, 2.24) is 0 Å². The molecule has 0 atom stereocenters. The molecule has 0 spiro atoms. The van der Waals surface area contributed by atoms with Crippen molar-refractivity contribution in [3.05, 3.63) is 47.7 Å². The Bertz CT molecular complexity index is 967. The first-order chi connectivity index (χ1) is 11.7. The van der Waals surface area contributed by atoms with Crippen LogP contribution in [0.25, 0.3) is 21.7 Å². The van der Waals surface area contributed by atoms with Gasteiger partial charge in [-0.2, -0.15) is 4.57 Å². The molecule has 5 rings (SSSR count). The average Bonchev–Trinajstić information content (AvgIpc) is 2.61. The first-order valence-corrected chi connectivity index (χ1v) is 9.20. The zero-order valence-electron chi connectivity index (χ0n) is 14.6. The van der Waals surface area contributed by atoms with Crippen molar-refractivity contribution in [2.24, 2.45) is 0 Å². The molecule has 1 fully saturated rings. The van der Waals surface area contributed by atoms with Gasteiger partial charge in [-0.3, -0.25) is 0 Å². The van der Waals surface area contributed by atoms with Crippen LogP contribution in [-0.2, 0) is 12.1 Å². The highest BCUT2D eigenvalue weighted by atomic mass is 16.5. The maximum Gasteiger partial charge on any atom is 0.292 e. The highest BCUT2D eigenvalue weighted by molar-refractivity contribution is 6.08. The van der Waals surface area contributed by atoms with Gasteiger partial charge in [-0.1, -0.05) is 44.4 Å². The average molecular weight is 318 g/mol. The molecular formula is C22H24NO+. The van der Waals surface area contributed by atoms with E-state index in [2.05, 4.69) is 54.8 Å². The highest BCUT2D eigenvalue weighted by Crippen LogP contribution is 2.47. The number of aromatic nitrogens is 1. The number of hydrogen-bond acceptors (Lipinski definition) is 1. The molecule has 2 aromatic carbocycles. The summed E-state index contributed by atoms with van der Waals surface area (Å²) in [5.74, 6) is 1.15. The number of benzene rings is 2. The van der Waals surface area contributed by atoms with E-state index in [4.69, 9.17) is 4.74 Å². The predicted molar refractivity (Wildman–Crippen MR) is 97.5 cm³/mol. The van der Waals surface area contributed by atoms with Crippen LogP contribution in [0.4, 0.5) is 0 Å². The van der Waals surface area contributed by atoms with Crippen LogP contribution in [0.3, 0.4) is 0 Å². The van der Waals surface area contributed by atoms with E-state index in [-0.39, 0.29) is 5.41 Å². The standard InChI is InChI=1S/C22H24NO/c1-15-6-7-17-9-8-16-10-11-18(22(2)12-4-3-5-13-22)21-19(16)20(17)23(15)14-24-21/h6-11H,3-5,12-14H2,1-2H3/q+1. The summed E-state index contributed by atoms with van der Waals surface area (Å²) in [5.41, 5.74) is 4.29. The fraction of sp³-hybridized carbons (Fsp3) is 0.409. The van der Waals surface area contributed by atoms with Gasteiger partial charge in [0.15, 0.2) is 5.69 Å². The molecule has 0 saturated heterocycles. The summed E-state index contributed by atoms with van der Waals surface area (Å²) >= 11 is 0. The van der Waals surface area contributed by atoms with E-state index >= 15 is 0 Å². The van der Waals surface area contributed by atoms with Gasteiger partial charge in [0.1, 0.15) is 5.75 Å². The molecule has 0 unspecified atom stereocenters. The first kappa shape index (κ1) is 14.3. The Hall–Kier alpha value is -2.09. The lowest BCUT2D eigenvalue weighted by Crippen LogP contribution is -2.43. The molecule has 1 aliphatic carbocycles. The lowest BCUT2D eigenvalue weighted by Gasteiger charge is -2.36. The molecule has 1 aliphatic heterocycles. The molecule has 0 N–H and O–H groups in total. The molecule has 1 saturated carbocycles. The van der Waals surface area contributed by atoms with Gasteiger partial charge >= 0.3 is 0 Å². The Labute approximate surface area is 143 Å². The summed E-state index contributed by atoms with van der Waals surface area (Å²) < 4.78 is 8.70. The third-order valence-corrected chi connectivity index (χ3v) is 6.29. The Morgan fingerprint density at radius 3 is 2.46 bits per heavy atom. The van der Waals surface area contributed by atoms with Gasteiger partial charge < -0.3 is 4.74 Å². The van der Waals surface area contributed by atoms with Crippen molar-refractivity contribution in [3.63, 3.8) is 0 Å². The molecule has 3 aromatic rings. The van der Waals surface area contributed by atoms with Crippen molar-refractivity contribution in [2.45, 2.75) is 58.1 Å². The van der Waals surface area contributed by atoms with Gasteiger partial charge in [0.25, 0.3) is 6.73 Å². The largest absolute Gasteiger partial charge is 0.435 e. The van der Waals surface area contributed by atoms with Crippen LogP contribution in [0, 0.1) is 6.92 Å². The van der Waals surface area contributed by atoms with Crippen molar-refractivity contribution in [3.8, 4) is 5.75 Å². The molecule has 0 bridgehead atoms. The summed E-state index contributed by atoms with van der Waals surface area (Å²) in [6, 6.07) is 13.5. The van der Waals surface area contributed by atoms with Crippen molar-refractivity contribution in [1.29, 1.82) is 0 Å². The molecule has 2 heterocycles. The zero-order chi connectivity index (χ0) is 16.3. The van der Waals surface area contributed by atoms with E-state index in [0.29, 0.717) is 6.73 Å². The van der Waals surface area contributed by atoms with Crippen LogP contribution >= 0.6 is 0 Å². The maximum absolute atomic E-state index is 6.38. The first-order valence-electron chi connectivity index (χ1n) is 9.20. The Morgan fingerprint density at radius 2 is 1.62 bits per heavy atom. The van der Waals surface area contributed by atoms with Crippen LogP contribution in [-0.4, -0.2) is 0 Å². The van der Waals surface area contributed by atoms with E-state index in [9.17, 15) is 0 Å². The summed E-state index contributed by atoms with van der Waals surface area (Å²) in [6.45, 7) is 5.23.